The predicted molar refractivity (Wildman–Crippen MR) is 77.2 cm³/mol. The first-order valence-corrected chi connectivity index (χ1v) is 6.75. The maximum absolute atomic E-state index is 13.4. The molecule has 1 unspecified atom stereocenters. The fourth-order valence-corrected chi connectivity index (χ4v) is 1.84. The zero-order chi connectivity index (χ0) is 14.3. The van der Waals surface area contributed by atoms with Crippen molar-refractivity contribution in [2.24, 2.45) is 0 Å². The van der Waals surface area contributed by atoms with Crippen LogP contribution in [-0.2, 0) is 9.53 Å². The fraction of sp³-hybridized carbons (Fsp3) is 0.357. The first kappa shape index (κ1) is 15.9. The van der Waals surface area contributed by atoms with Crippen LogP contribution in [0.3, 0.4) is 0 Å². The van der Waals surface area contributed by atoms with E-state index in [1.165, 1.54) is 18.2 Å². The molecule has 0 saturated heterocycles. The standard InChI is InChI=1S/C14H17BrFNO2/c1-10(7-8-19-2)17-14(18)6-3-11-9-12(15)4-5-13(11)16/h3-6,9-10H,7-8H2,1-2H3,(H,17,18). The largest absolute Gasteiger partial charge is 0.385 e. The summed E-state index contributed by atoms with van der Waals surface area (Å²) in [4.78, 5) is 11.6. The van der Waals surface area contributed by atoms with Gasteiger partial charge in [-0.2, -0.15) is 0 Å². The Labute approximate surface area is 121 Å². The summed E-state index contributed by atoms with van der Waals surface area (Å²) in [6.45, 7) is 2.48. The minimum absolute atomic E-state index is 0.0180. The zero-order valence-corrected chi connectivity index (χ0v) is 12.5. The molecule has 1 amide bonds. The van der Waals surface area contributed by atoms with Gasteiger partial charge in [0, 0.05) is 35.9 Å². The molecule has 0 fully saturated rings. The Kier molecular flexibility index (Phi) is 6.73. The molecule has 0 aliphatic carbocycles. The number of ether oxygens (including phenoxy) is 1. The third kappa shape index (κ3) is 5.98. The van der Waals surface area contributed by atoms with Crippen LogP contribution in [0.1, 0.15) is 18.9 Å². The zero-order valence-electron chi connectivity index (χ0n) is 11.0. The van der Waals surface area contributed by atoms with Crippen LogP contribution in [0.15, 0.2) is 28.7 Å². The van der Waals surface area contributed by atoms with Crippen molar-refractivity contribution in [3.8, 4) is 0 Å². The molecular formula is C14H17BrFNO2. The Bertz CT molecular complexity index is 463. The second-order valence-corrected chi connectivity index (χ2v) is 5.11. The van der Waals surface area contributed by atoms with Crippen LogP contribution in [0.4, 0.5) is 4.39 Å². The highest BCUT2D eigenvalue weighted by molar-refractivity contribution is 9.10. The first-order chi connectivity index (χ1) is 9.02. The molecule has 0 radical (unpaired) electrons. The Morgan fingerprint density at radius 1 is 1.58 bits per heavy atom. The number of nitrogens with one attached hydrogen (secondary N) is 1. The van der Waals surface area contributed by atoms with E-state index in [-0.39, 0.29) is 17.8 Å². The molecule has 1 aromatic carbocycles. The van der Waals surface area contributed by atoms with Gasteiger partial charge in [0.2, 0.25) is 5.91 Å². The maximum Gasteiger partial charge on any atom is 0.244 e. The van der Waals surface area contributed by atoms with Gasteiger partial charge < -0.3 is 10.1 Å². The number of rotatable bonds is 6. The highest BCUT2D eigenvalue weighted by Gasteiger charge is 2.05. The van der Waals surface area contributed by atoms with Crippen molar-refractivity contribution >= 4 is 27.9 Å². The number of hydrogen-bond acceptors (Lipinski definition) is 2. The average Bonchev–Trinajstić information content (AvgIpc) is 2.37. The van der Waals surface area contributed by atoms with Gasteiger partial charge in [-0.1, -0.05) is 15.9 Å². The molecular weight excluding hydrogens is 313 g/mol. The van der Waals surface area contributed by atoms with E-state index in [9.17, 15) is 9.18 Å². The number of amides is 1. The summed E-state index contributed by atoms with van der Waals surface area (Å²) in [5, 5.41) is 2.78. The molecule has 104 valence electrons. The average molecular weight is 330 g/mol. The van der Waals surface area contributed by atoms with Crippen molar-refractivity contribution in [2.75, 3.05) is 13.7 Å². The number of methoxy groups -OCH3 is 1. The van der Waals surface area contributed by atoms with Crippen LogP contribution < -0.4 is 5.32 Å². The molecule has 1 rings (SSSR count). The van der Waals surface area contributed by atoms with Gasteiger partial charge in [-0.05, 0) is 37.6 Å². The number of halogens is 2. The monoisotopic (exact) mass is 329 g/mol. The van der Waals surface area contributed by atoms with E-state index in [1.54, 1.807) is 19.2 Å². The maximum atomic E-state index is 13.4. The van der Waals surface area contributed by atoms with Crippen molar-refractivity contribution in [3.63, 3.8) is 0 Å². The predicted octanol–water partition coefficient (Wildman–Crippen LogP) is 3.14. The van der Waals surface area contributed by atoms with E-state index in [0.29, 0.717) is 12.2 Å². The summed E-state index contributed by atoms with van der Waals surface area (Å²) in [5.74, 6) is -0.609. The van der Waals surface area contributed by atoms with Gasteiger partial charge in [0.1, 0.15) is 5.82 Å². The Morgan fingerprint density at radius 3 is 3.00 bits per heavy atom. The van der Waals surface area contributed by atoms with Gasteiger partial charge in [-0.15, -0.1) is 0 Å². The molecule has 1 N–H and O–H groups in total. The summed E-state index contributed by atoms with van der Waals surface area (Å²) < 4.78 is 19.1. The minimum Gasteiger partial charge on any atom is -0.385 e. The molecule has 0 heterocycles. The van der Waals surface area contributed by atoms with E-state index >= 15 is 0 Å². The fourth-order valence-electron chi connectivity index (χ4n) is 1.47. The molecule has 0 aliphatic heterocycles. The van der Waals surface area contributed by atoms with Crippen LogP contribution in [0, 0.1) is 5.82 Å². The Hall–Kier alpha value is -1.20. The van der Waals surface area contributed by atoms with Gasteiger partial charge >= 0.3 is 0 Å². The van der Waals surface area contributed by atoms with Crippen molar-refractivity contribution in [3.05, 3.63) is 40.1 Å². The number of benzene rings is 1. The molecule has 5 heteroatoms. The van der Waals surface area contributed by atoms with E-state index in [2.05, 4.69) is 21.2 Å². The van der Waals surface area contributed by atoms with E-state index in [0.717, 1.165) is 10.9 Å². The molecule has 0 bridgehead atoms. The Balaban J connectivity index is 2.56. The van der Waals surface area contributed by atoms with Crippen molar-refractivity contribution < 1.29 is 13.9 Å². The Morgan fingerprint density at radius 2 is 2.32 bits per heavy atom. The molecule has 1 atom stereocenters. The lowest BCUT2D eigenvalue weighted by molar-refractivity contribution is -0.117. The number of carbonyl (C=O) groups is 1. The van der Waals surface area contributed by atoms with E-state index in [1.807, 2.05) is 6.92 Å². The van der Waals surface area contributed by atoms with Gasteiger partial charge in [-0.3, -0.25) is 4.79 Å². The molecule has 19 heavy (non-hydrogen) atoms. The summed E-state index contributed by atoms with van der Waals surface area (Å²) in [5.41, 5.74) is 0.370. The molecule has 0 spiro atoms. The lowest BCUT2D eigenvalue weighted by atomic mass is 10.2. The van der Waals surface area contributed by atoms with Crippen molar-refractivity contribution in [1.82, 2.24) is 5.32 Å². The summed E-state index contributed by atoms with van der Waals surface area (Å²) in [6.07, 6.45) is 3.52. The normalized spacial score (nSPS) is 12.6. The number of carbonyl (C=O) groups excluding carboxylic acids is 1. The third-order valence-electron chi connectivity index (χ3n) is 2.52. The van der Waals surface area contributed by atoms with E-state index in [4.69, 9.17) is 4.74 Å². The number of hydrogen-bond donors (Lipinski definition) is 1. The molecule has 0 saturated carbocycles. The topological polar surface area (TPSA) is 38.3 Å². The minimum atomic E-state index is -0.361. The molecule has 0 aromatic heterocycles. The lowest BCUT2D eigenvalue weighted by Crippen LogP contribution is -2.31. The van der Waals surface area contributed by atoms with E-state index < -0.39 is 0 Å². The SMILES string of the molecule is COCCC(C)NC(=O)C=Cc1cc(Br)ccc1F. The highest BCUT2D eigenvalue weighted by Crippen LogP contribution is 2.16. The lowest BCUT2D eigenvalue weighted by Gasteiger charge is -2.11. The third-order valence-corrected chi connectivity index (χ3v) is 3.01. The first-order valence-electron chi connectivity index (χ1n) is 5.95. The van der Waals surface area contributed by atoms with Crippen LogP contribution in [-0.4, -0.2) is 25.7 Å². The van der Waals surface area contributed by atoms with Crippen molar-refractivity contribution in [2.45, 2.75) is 19.4 Å². The smallest absolute Gasteiger partial charge is 0.244 e. The van der Waals surface area contributed by atoms with Crippen molar-refractivity contribution in [1.29, 1.82) is 0 Å². The quantitative estimate of drug-likeness (QED) is 0.814. The van der Waals surface area contributed by atoms with Crippen LogP contribution in [0.25, 0.3) is 6.08 Å². The second-order valence-electron chi connectivity index (χ2n) is 4.19. The van der Waals surface area contributed by atoms with Gasteiger partial charge in [0.25, 0.3) is 0 Å². The van der Waals surface area contributed by atoms with Crippen LogP contribution in [0.5, 0.6) is 0 Å². The summed E-state index contributed by atoms with van der Waals surface area (Å²) >= 11 is 3.26. The summed E-state index contributed by atoms with van der Waals surface area (Å²) in [6, 6.07) is 4.60. The molecule has 0 aliphatic rings. The highest BCUT2D eigenvalue weighted by atomic mass is 79.9. The second kappa shape index (κ2) is 8.07. The molecule has 3 nitrogen and oxygen atoms in total. The van der Waals surface area contributed by atoms with Crippen LogP contribution >= 0.6 is 15.9 Å². The van der Waals surface area contributed by atoms with Gasteiger partial charge in [-0.25, -0.2) is 4.39 Å². The molecule has 1 aromatic rings. The van der Waals surface area contributed by atoms with Crippen LogP contribution in [0.2, 0.25) is 0 Å². The van der Waals surface area contributed by atoms with Gasteiger partial charge in [0.05, 0.1) is 0 Å². The summed E-state index contributed by atoms with van der Waals surface area (Å²) in [7, 11) is 1.62. The van der Waals surface area contributed by atoms with Gasteiger partial charge in [0.15, 0.2) is 0 Å².